The molecular formula is C13H12F3NO4S. The summed E-state index contributed by atoms with van der Waals surface area (Å²) in [6.07, 6.45) is -4.52. The van der Waals surface area contributed by atoms with Crippen LogP contribution in [0.2, 0.25) is 0 Å². The van der Waals surface area contributed by atoms with Gasteiger partial charge in [-0.25, -0.2) is 13.2 Å². The number of nitrogens with zero attached hydrogens (tertiary/aromatic N) is 1. The van der Waals surface area contributed by atoms with Crippen molar-refractivity contribution in [2.45, 2.75) is 17.5 Å². The molecule has 0 aromatic heterocycles. The molecule has 0 spiro atoms. The van der Waals surface area contributed by atoms with Gasteiger partial charge in [0.1, 0.15) is 0 Å². The number of hydrogen-bond acceptors (Lipinski definition) is 3. The smallest absolute Gasteiger partial charge is 0.417 e. The van der Waals surface area contributed by atoms with Crippen LogP contribution in [0.3, 0.4) is 0 Å². The molecule has 1 N–H and O–H groups in total. The van der Waals surface area contributed by atoms with Crippen molar-refractivity contribution in [2.75, 3.05) is 13.1 Å². The Morgan fingerprint density at radius 1 is 1.32 bits per heavy atom. The fraction of sp³-hybridized carbons (Fsp3) is 0.308. The standard InChI is InChI=1S/C13H12F3NO4S/c1-8-4-5-17(7-8)22(20,21)9-2-3-10(12(18)19)11(6-9)13(14,15)16/h2-3,6H,1,4-5,7H2,(H,18,19). The van der Waals surface area contributed by atoms with Crippen LogP contribution in [0.15, 0.2) is 35.2 Å². The molecule has 1 aliphatic heterocycles. The van der Waals surface area contributed by atoms with E-state index in [2.05, 4.69) is 6.58 Å². The van der Waals surface area contributed by atoms with Gasteiger partial charge in [0.2, 0.25) is 10.0 Å². The van der Waals surface area contributed by atoms with Crippen LogP contribution in [0.25, 0.3) is 0 Å². The number of benzene rings is 1. The van der Waals surface area contributed by atoms with E-state index in [4.69, 9.17) is 5.11 Å². The van der Waals surface area contributed by atoms with Gasteiger partial charge in [0.05, 0.1) is 16.0 Å². The number of aromatic carboxylic acids is 1. The van der Waals surface area contributed by atoms with Crippen LogP contribution in [-0.4, -0.2) is 36.9 Å². The van der Waals surface area contributed by atoms with E-state index in [1.165, 1.54) is 0 Å². The third kappa shape index (κ3) is 3.00. The minimum atomic E-state index is -4.96. The van der Waals surface area contributed by atoms with E-state index in [-0.39, 0.29) is 13.1 Å². The summed E-state index contributed by atoms with van der Waals surface area (Å²) in [5.74, 6) is -1.77. The van der Waals surface area contributed by atoms with Gasteiger partial charge in [-0.2, -0.15) is 17.5 Å². The fourth-order valence-electron chi connectivity index (χ4n) is 2.15. The summed E-state index contributed by atoms with van der Waals surface area (Å²) in [7, 11) is -4.12. The van der Waals surface area contributed by atoms with Gasteiger partial charge in [0.15, 0.2) is 0 Å². The topological polar surface area (TPSA) is 74.7 Å². The molecule has 0 radical (unpaired) electrons. The molecule has 0 aliphatic carbocycles. The number of rotatable bonds is 3. The number of carboxylic acid groups (broad SMARTS) is 1. The van der Waals surface area contributed by atoms with Crippen molar-refractivity contribution in [1.82, 2.24) is 4.31 Å². The van der Waals surface area contributed by atoms with E-state index in [1.54, 1.807) is 0 Å². The maximum Gasteiger partial charge on any atom is 0.417 e. The van der Waals surface area contributed by atoms with Gasteiger partial charge in [-0.1, -0.05) is 12.2 Å². The molecule has 0 saturated carbocycles. The van der Waals surface area contributed by atoms with Crippen LogP contribution in [0.4, 0.5) is 13.2 Å². The lowest BCUT2D eigenvalue weighted by Crippen LogP contribution is -2.28. The van der Waals surface area contributed by atoms with Crippen molar-refractivity contribution in [2.24, 2.45) is 0 Å². The highest BCUT2D eigenvalue weighted by Crippen LogP contribution is 2.34. The predicted molar refractivity (Wildman–Crippen MR) is 70.9 cm³/mol. The molecule has 5 nitrogen and oxygen atoms in total. The van der Waals surface area contributed by atoms with Crippen LogP contribution in [0.1, 0.15) is 22.3 Å². The monoisotopic (exact) mass is 335 g/mol. The summed E-state index contributed by atoms with van der Waals surface area (Å²) in [5, 5.41) is 8.80. The van der Waals surface area contributed by atoms with Crippen molar-refractivity contribution in [3.05, 3.63) is 41.5 Å². The van der Waals surface area contributed by atoms with Crippen LogP contribution < -0.4 is 0 Å². The summed E-state index contributed by atoms with van der Waals surface area (Å²) in [5.41, 5.74) is -1.81. The van der Waals surface area contributed by atoms with Gasteiger partial charge in [-0.05, 0) is 24.6 Å². The minimum absolute atomic E-state index is 0.0460. The summed E-state index contributed by atoms with van der Waals surface area (Å²) in [6.45, 7) is 3.83. The molecule has 1 aromatic rings. The molecule has 9 heteroatoms. The zero-order valence-electron chi connectivity index (χ0n) is 11.2. The Kier molecular flexibility index (Phi) is 4.05. The van der Waals surface area contributed by atoms with Crippen molar-refractivity contribution < 1.29 is 31.5 Å². The van der Waals surface area contributed by atoms with Crippen LogP contribution >= 0.6 is 0 Å². The first-order valence-corrected chi connectivity index (χ1v) is 7.59. The molecule has 22 heavy (non-hydrogen) atoms. The van der Waals surface area contributed by atoms with Gasteiger partial charge in [0, 0.05) is 13.1 Å². The predicted octanol–water partition coefficient (Wildman–Crippen LogP) is 2.35. The molecule has 1 saturated heterocycles. The molecule has 120 valence electrons. The van der Waals surface area contributed by atoms with E-state index in [0.29, 0.717) is 24.1 Å². The number of alkyl halides is 3. The molecule has 0 bridgehead atoms. The Morgan fingerprint density at radius 2 is 1.95 bits per heavy atom. The van der Waals surface area contributed by atoms with Crippen LogP contribution in [0, 0.1) is 0 Å². The normalized spacial score (nSPS) is 17.0. The van der Waals surface area contributed by atoms with Gasteiger partial charge in [0.25, 0.3) is 0 Å². The summed E-state index contributed by atoms with van der Waals surface area (Å²) in [4.78, 5) is 10.3. The maximum absolute atomic E-state index is 12.9. The third-order valence-electron chi connectivity index (χ3n) is 3.28. The Bertz CT molecular complexity index is 740. The Morgan fingerprint density at radius 3 is 2.41 bits per heavy atom. The third-order valence-corrected chi connectivity index (χ3v) is 5.12. The van der Waals surface area contributed by atoms with E-state index >= 15 is 0 Å². The molecule has 0 unspecified atom stereocenters. The molecule has 2 rings (SSSR count). The molecule has 1 aromatic carbocycles. The highest BCUT2D eigenvalue weighted by molar-refractivity contribution is 7.89. The van der Waals surface area contributed by atoms with Crippen LogP contribution in [0.5, 0.6) is 0 Å². The second kappa shape index (κ2) is 5.40. The Labute approximate surface area is 124 Å². The number of halogens is 3. The zero-order chi connectivity index (χ0) is 16.7. The van der Waals surface area contributed by atoms with Gasteiger partial charge in [-0.15, -0.1) is 0 Å². The van der Waals surface area contributed by atoms with Gasteiger partial charge in [-0.3, -0.25) is 0 Å². The molecule has 1 aliphatic rings. The average molecular weight is 335 g/mol. The van der Waals surface area contributed by atoms with E-state index in [0.717, 1.165) is 10.4 Å². The second-order valence-corrected chi connectivity index (χ2v) is 6.79. The lowest BCUT2D eigenvalue weighted by molar-refractivity contribution is -0.138. The summed E-state index contributed by atoms with van der Waals surface area (Å²) >= 11 is 0. The second-order valence-electron chi connectivity index (χ2n) is 4.85. The number of hydrogen-bond donors (Lipinski definition) is 1. The van der Waals surface area contributed by atoms with Gasteiger partial charge >= 0.3 is 12.1 Å². The number of sulfonamides is 1. The fourth-order valence-corrected chi connectivity index (χ4v) is 3.64. The minimum Gasteiger partial charge on any atom is -0.478 e. The lowest BCUT2D eigenvalue weighted by atomic mass is 10.1. The average Bonchev–Trinajstić information content (AvgIpc) is 2.84. The van der Waals surface area contributed by atoms with E-state index in [9.17, 15) is 26.4 Å². The van der Waals surface area contributed by atoms with Crippen molar-refractivity contribution in [3.8, 4) is 0 Å². The van der Waals surface area contributed by atoms with E-state index in [1.807, 2.05) is 0 Å². The van der Waals surface area contributed by atoms with Crippen LogP contribution in [-0.2, 0) is 16.2 Å². The summed E-state index contributed by atoms with van der Waals surface area (Å²) < 4.78 is 64.4. The molecule has 1 heterocycles. The first kappa shape index (κ1) is 16.5. The maximum atomic E-state index is 12.9. The highest BCUT2D eigenvalue weighted by Gasteiger charge is 2.38. The number of carboxylic acids is 1. The quantitative estimate of drug-likeness (QED) is 0.861. The lowest BCUT2D eigenvalue weighted by Gasteiger charge is -2.17. The molecular weight excluding hydrogens is 323 g/mol. The molecule has 0 atom stereocenters. The van der Waals surface area contributed by atoms with E-state index < -0.39 is 38.2 Å². The Hall–Kier alpha value is -1.87. The van der Waals surface area contributed by atoms with Crippen molar-refractivity contribution >= 4 is 16.0 Å². The number of carbonyl (C=O) groups is 1. The molecule has 0 amide bonds. The highest BCUT2D eigenvalue weighted by atomic mass is 32.2. The summed E-state index contributed by atoms with van der Waals surface area (Å²) in [6, 6.07) is 1.89. The largest absolute Gasteiger partial charge is 0.478 e. The Balaban J connectivity index is 2.53. The SMILES string of the molecule is C=C1CCN(S(=O)(=O)c2ccc(C(=O)O)c(C(F)(F)F)c2)C1. The van der Waals surface area contributed by atoms with Crippen molar-refractivity contribution in [3.63, 3.8) is 0 Å². The first-order valence-electron chi connectivity index (χ1n) is 6.15. The molecule has 1 fully saturated rings. The van der Waals surface area contributed by atoms with Crippen molar-refractivity contribution in [1.29, 1.82) is 0 Å². The first-order chi connectivity index (χ1) is 10.0. The van der Waals surface area contributed by atoms with Gasteiger partial charge < -0.3 is 5.11 Å². The zero-order valence-corrected chi connectivity index (χ0v) is 12.0.